The molecule has 0 aromatic heterocycles. The third-order valence-electron chi connectivity index (χ3n) is 2.45. The molecule has 5 heteroatoms. The van der Waals surface area contributed by atoms with E-state index in [9.17, 15) is 0 Å². The highest BCUT2D eigenvalue weighted by molar-refractivity contribution is 9.11. The van der Waals surface area contributed by atoms with Gasteiger partial charge in [0.25, 0.3) is 0 Å². The summed E-state index contributed by atoms with van der Waals surface area (Å²) in [6, 6.07) is 6.68. The van der Waals surface area contributed by atoms with E-state index in [1.54, 1.807) is 0 Å². The van der Waals surface area contributed by atoms with E-state index in [2.05, 4.69) is 69.2 Å². The highest BCUT2D eigenvalue weighted by Crippen LogP contribution is 2.34. The Morgan fingerprint density at radius 2 is 1.95 bits per heavy atom. The van der Waals surface area contributed by atoms with Gasteiger partial charge in [-0.2, -0.15) is 5.26 Å². The predicted octanol–water partition coefficient (Wildman–Crippen LogP) is 4.39. The Balaban J connectivity index is 2.66. The molecule has 0 saturated carbocycles. The minimum atomic E-state index is 0.458. The number of benzene rings is 1. The molecule has 3 nitrogen and oxygen atoms in total. The Labute approximate surface area is 131 Å². The van der Waals surface area contributed by atoms with Crippen LogP contribution in [-0.4, -0.2) is 12.6 Å². The van der Waals surface area contributed by atoms with Crippen molar-refractivity contribution in [3.05, 3.63) is 26.6 Å². The SMILES string of the molecule is CC(C)NCc1cc(Br)c(OCCCC#N)c(Br)c1. The van der Waals surface area contributed by atoms with Gasteiger partial charge in [-0.05, 0) is 56.0 Å². The molecule has 0 fully saturated rings. The topological polar surface area (TPSA) is 45.0 Å². The normalized spacial score (nSPS) is 10.5. The van der Waals surface area contributed by atoms with Crippen LogP contribution in [0.1, 0.15) is 32.3 Å². The lowest BCUT2D eigenvalue weighted by Crippen LogP contribution is -2.21. The van der Waals surface area contributed by atoms with Crippen LogP contribution >= 0.6 is 31.9 Å². The third-order valence-corrected chi connectivity index (χ3v) is 3.63. The first-order chi connectivity index (χ1) is 9.04. The summed E-state index contributed by atoms with van der Waals surface area (Å²) >= 11 is 7.05. The summed E-state index contributed by atoms with van der Waals surface area (Å²) in [4.78, 5) is 0. The summed E-state index contributed by atoms with van der Waals surface area (Å²) < 4.78 is 7.54. The van der Waals surface area contributed by atoms with E-state index in [-0.39, 0.29) is 0 Å². The van der Waals surface area contributed by atoms with Crippen molar-refractivity contribution in [1.29, 1.82) is 5.26 Å². The van der Waals surface area contributed by atoms with Crippen molar-refractivity contribution < 1.29 is 4.74 Å². The molecule has 1 rings (SSSR count). The van der Waals surface area contributed by atoms with E-state index in [0.717, 1.165) is 27.7 Å². The number of nitrogens with one attached hydrogen (secondary N) is 1. The van der Waals surface area contributed by atoms with Crippen LogP contribution in [0, 0.1) is 11.3 Å². The van der Waals surface area contributed by atoms with Crippen LogP contribution < -0.4 is 10.1 Å². The van der Waals surface area contributed by atoms with E-state index < -0.39 is 0 Å². The zero-order chi connectivity index (χ0) is 14.3. The molecular weight excluding hydrogens is 372 g/mol. The molecule has 0 heterocycles. The molecule has 1 aromatic rings. The zero-order valence-electron chi connectivity index (χ0n) is 11.2. The van der Waals surface area contributed by atoms with Crippen LogP contribution in [0.3, 0.4) is 0 Å². The molecule has 1 aromatic carbocycles. The summed E-state index contributed by atoms with van der Waals surface area (Å²) in [5.74, 6) is 0.797. The summed E-state index contributed by atoms with van der Waals surface area (Å²) in [6.07, 6.45) is 1.26. The number of rotatable bonds is 7. The first-order valence-electron chi connectivity index (χ1n) is 6.25. The average Bonchev–Trinajstić information content (AvgIpc) is 2.34. The third kappa shape index (κ3) is 5.94. The Bertz CT molecular complexity index is 432. The Morgan fingerprint density at radius 1 is 1.32 bits per heavy atom. The second-order valence-electron chi connectivity index (χ2n) is 4.53. The highest BCUT2D eigenvalue weighted by atomic mass is 79.9. The minimum Gasteiger partial charge on any atom is -0.491 e. The van der Waals surface area contributed by atoms with Gasteiger partial charge in [0.1, 0.15) is 5.75 Å². The molecule has 0 saturated heterocycles. The van der Waals surface area contributed by atoms with Gasteiger partial charge in [0.15, 0.2) is 0 Å². The molecule has 0 aliphatic rings. The van der Waals surface area contributed by atoms with Gasteiger partial charge in [0.05, 0.1) is 21.6 Å². The van der Waals surface area contributed by atoms with Crippen LogP contribution in [0.25, 0.3) is 0 Å². The van der Waals surface area contributed by atoms with Crippen LogP contribution in [0.2, 0.25) is 0 Å². The standard InChI is InChI=1S/C14H18Br2N2O/c1-10(2)18-9-11-7-12(15)14(13(16)8-11)19-6-4-3-5-17/h7-8,10,18H,3-4,6,9H2,1-2H3. The zero-order valence-corrected chi connectivity index (χ0v) is 14.3. The van der Waals surface area contributed by atoms with Gasteiger partial charge in [0, 0.05) is 19.0 Å². The molecular formula is C14H18Br2N2O. The smallest absolute Gasteiger partial charge is 0.147 e. The quantitative estimate of drug-likeness (QED) is 0.703. The molecule has 0 aliphatic heterocycles. The number of nitriles is 1. The van der Waals surface area contributed by atoms with Gasteiger partial charge in [-0.25, -0.2) is 0 Å². The molecule has 0 unspecified atom stereocenters. The van der Waals surface area contributed by atoms with Gasteiger partial charge in [-0.15, -0.1) is 0 Å². The molecule has 19 heavy (non-hydrogen) atoms. The number of hydrogen-bond acceptors (Lipinski definition) is 3. The number of hydrogen-bond donors (Lipinski definition) is 1. The maximum Gasteiger partial charge on any atom is 0.147 e. The maximum absolute atomic E-state index is 8.48. The van der Waals surface area contributed by atoms with E-state index in [0.29, 0.717) is 19.1 Å². The van der Waals surface area contributed by atoms with Crippen LogP contribution in [-0.2, 0) is 6.54 Å². The van der Waals surface area contributed by atoms with Crippen LogP contribution in [0.4, 0.5) is 0 Å². The number of halogens is 2. The highest BCUT2D eigenvalue weighted by Gasteiger charge is 2.09. The van der Waals surface area contributed by atoms with Crippen molar-refractivity contribution in [3.63, 3.8) is 0 Å². The van der Waals surface area contributed by atoms with Crippen molar-refractivity contribution in [2.75, 3.05) is 6.61 Å². The van der Waals surface area contributed by atoms with E-state index in [4.69, 9.17) is 10.00 Å². The van der Waals surface area contributed by atoms with Crippen LogP contribution in [0.5, 0.6) is 5.75 Å². The van der Waals surface area contributed by atoms with E-state index in [1.165, 1.54) is 5.56 Å². The predicted molar refractivity (Wildman–Crippen MR) is 84.2 cm³/mol. The van der Waals surface area contributed by atoms with Crippen molar-refractivity contribution in [2.24, 2.45) is 0 Å². The first-order valence-corrected chi connectivity index (χ1v) is 7.84. The first kappa shape index (κ1) is 16.5. The summed E-state index contributed by atoms with van der Waals surface area (Å²) in [7, 11) is 0. The Morgan fingerprint density at radius 3 is 2.47 bits per heavy atom. The largest absolute Gasteiger partial charge is 0.491 e. The van der Waals surface area contributed by atoms with E-state index in [1.807, 2.05) is 0 Å². The second-order valence-corrected chi connectivity index (χ2v) is 6.24. The number of nitrogens with zero attached hydrogens (tertiary/aromatic N) is 1. The second kappa shape index (κ2) is 8.57. The Hall–Kier alpha value is -0.570. The van der Waals surface area contributed by atoms with Crippen molar-refractivity contribution in [1.82, 2.24) is 5.32 Å². The van der Waals surface area contributed by atoms with Crippen molar-refractivity contribution in [3.8, 4) is 11.8 Å². The number of unbranched alkanes of at least 4 members (excludes halogenated alkanes) is 1. The lowest BCUT2D eigenvalue weighted by Gasteiger charge is -2.13. The lowest BCUT2D eigenvalue weighted by molar-refractivity contribution is 0.309. The minimum absolute atomic E-state index is 0.458. The molecule has 0 spiro atoms. The van der Waals surface area contributed by atoms with Gasteiger partial charge in [-0.1, -0.05) is 13.8 Å². The van der Waals surface area contributed by atoms with E-state index >= 15 is 0 Å². The maximum atomic E-state index is 8.48. The molecule has 0 bridgehead atoms. The summed E-state index contributed by atoms with van der Waals surface area (Å²) in [5, 5.41) is 11.9. The van der Waals surface area contributed by atoms with Crippen LogP contribution in [0.15, 0.2) is 21.1 Å². The molecule has 104 valence electrons. The fourth-order valence-electron chi connectivity index (χ4n) is 1.50. The average molecular weight is 390 g/mol. The van der Waals surface area contributed by atoms with Gasteiger partial charge >= 0.3 is 0 Å². The molecule has 0 atom stereocenters. The van der Waals surface area contributed by atoms with Crippen molar-refractivity contribution >= 4 is 31.9 Å². The van der Waals surface area contributed by atoms with Gasteiger partial charge in [0.2, 0.25) is 0 Å². The van der Waals surface area contributed by atoms with Gasteiger partial charge in [-0.3, -0.25) is 0 Å². The number of ether oxygens (including phenoxy) is 1. The monoisotopic (exact) mass is 388 g/mol. The van der Waals surface area contributed by atoms with Crippen molar-refractivity contribution in [2.45, 2.75) is 39.3 Å². The summed E-state index contributed by atoms with van der Waals surface area (Å²) in [5.41, 5.74) is 1.19. The molecule has 0 aliphatic carbocycles. The molecule has 0 amide bonds. The summed E-state index contributed by atoms with van der Waals surface area (Å²) in [6.45, 7) is 5.62. The fourth-order valence-corrected chi connectivity index (χ4v) is 3.01. The lowest BCUT2D eigenvalue weighted by atomic mass is 10.2. The molecule has 0 radical (unpaired) electrons. The fraction of sp³-hybridized carbons (Fsp3) is 0.500. The van der Waals surface area contributed by atoms with Gasteiger partial charge < -0.3 is 10.1 Å². The molecule has 1 N–H and O–H groups in total. The Kier molecular flexibility index (Phi) is 7.44.